The van der Waals surface area contributed by atoms with Gasteiger partial charge in [-0.1, -0.05) is 23.9 Å². The number of nitrogens with zero attached hydrogens (tertiary/aromatic N) is 2. The summed E-state index contributed by atoms with van der Waals surface area (Å²) in [6.07, 6.45) is -0.575. The van der Waals surface area contributed by atoms with Gasteiger partial charge in [-0.25, -0.2) is 4.98 Å². The summed E-state index contributed by atoms with van der Waals surface area (Å²) in [5.74, 6) is 1.87. The lowest BCUT2D eigenvalue weighted by Crippen LogP contribution is -2.20. The molecule has 0 fully saturated rings. The molecular weight excluding hydrogens is 282 g/mol. The Morgan fingerprint density at radius 1 is 1.47 bits per heavy atom. The molecule has 0 amide bonds. The standard InChI is InChI=1S/C12H15N3O2S2/c1-8-14-12(19-15-8)18-7-9(16)6-17-11-5-3-2-4-10(11)13/h2-5,9,16H,6-7,13H2,1H3. The van der Waals surface area contributed by atoms with Crippen LogP contribution in [0.1, 0.15) is 5.82 Å². The zero-order valence-electron chi connectivity index (χ0n) is 10.4. The molecule has 5 nitrogen and oxygen atoms in total. The molecule has 3 N–H and O–H groups in total. The highest BCUT2D eigenvalue weighted by Crippen LogP contribution is 2.22. The molecule has 0 aliphatic carbocycles. The van der Waals surface area contributed by atoms with E-state index in [1.807, 2.05) is 19.1 Å². The first kappa shape index (κ1) is 14.1. The van der Waals surface area contributed by atoms with Crippen LogP contribution in [0.2, 0.25) is 0 Å². The van der Waals surface area contributed by atoms with Gasteiger partial charge in [0.2, 0.25) is 0 Å². The quantitative estimate of drug-likeness (QED) is 0.626. The summed E-state index contributed by atoms with van der Waals surface area (Å²) < 4.78 is 10.4. The number of aliphatic hydroxyl groups is 1. The van der Waals surface area contributed by atoms with E-state index >= 15 is 0 Å². The second kappa shape index (κ2) is 6.74. The van der Waals surface area contributed by atoms with Gasteiger partial charge < -0.3 is 15.6 Å². The van der Waals surface area contributed by atoms with Gasteiger partial charge in [-0.2, -0.15) is 4.37 Å². The molecule has 0 saturated carbocycles. The molecular formula is C12H15N3O2S2. The van der Waals surface area contributed by atoms with Gasteiger partial charge >= 0.3 is 0 Å². The average molecular weight is 297 g/mol. The Morgan fingerprint density at radius 3 is 2.95 bits per heavy atom. The van der Waals surface area contributed by atoms with E-state index in [1.54, 1.807) is 12.1 Å². The van der Waals surface area contributed by atoms with Crippen molar-refractivity contribution in [1.82, 2.24) is 9.36 Å². The molecule has 1 aromatic carbocycles. The molecule has 7 heteroatoms. The van der Waals surface area contributed by atoms with Gasteiger partial charge in [0.15, 0.2) is 4.34 Å². The lowest BCUT2D eigenvalue weighted by molar-refractivity contribution is 0.127. The highest BCUT2D eigenvalue weighted by atomic mass is 32.2. The van der Waals surface area contributed by atoms with Crippen molar-refractivity contribution in [1.29, 1.82) is 0 Å². The topological polar surface area (TPSA) is 81.3 Å². The van der Waals surface area contributed by atoms with Crippen LogP contribution >= 0.6 is 23.3 Å². The number of thioether (sulfide) groups is 1. The minimum Gasteiger partial charge on any atom is -0.489 e. The number of aromatic nitrogens is 2. The maximum absolute atomic E-state index is 9.84. The number of hydrogen-bond donors (Lipinski definition) is 2. The molecule has 0 spiro atoms. The maximum atomic E-state index is 9.84. The van der Waals surface area contributed by atoms with Crippen molar-refractivity contribution in [2.24, 2.45) is 0 Å². The fourth-order valence-electron chi connectivity index (χ4n) is 1.35. The first-order valence-corrected chi connectivity index (χ1v) is 7.49. The number of benzene rings is 1. The Hall–Kier alpha value is -1.31. The van der Waals surface area contributed by atoms with Crippen LogP contribution in [0.15, 0.2) is 28.6 Å². The number of para-hydroxylation sites is 2. The van der Waals surface area contributed by atoms with Crippen LogP contribution in [-0.4, -0.2) is 32.9 Å². The van der Waals surface area contributed by atoms with Crippen molar-refractivity contribution in [2.75, 3.05) is 18.1 Å². The minimum absolute atomic E-state index is 0.207. The van der Waals surface area contributed by atoms with Crippen molar-refractivity contribution >= 4 is 29.0 Å². The smallest absolute Gasteiger partial charge is 0.170 e. The molecule has 0 radical (unpaired) electrons. The Bertz CT molecular complexity index is 533. The van der Waals surface area contributed by atoms with Crippen LogP contribution in [0.3, 0.4) is 0 Å². The predicted molar refractivity (Wildman–Crippen MR) is 77.7 cm³/mol. The zero-order chi connectivity index (χ0) is 13.7. The monoisotopic (exact) mass is 297 g/mol. The minimum atomic E-state index is -0.575. The maximum Gasteiger partial charge on any atom is 0.170 e. The highest BCUT2D eigenvalue weighted by molar-refractivity contribution is 8.00. The predicted octanol–water partition coefficient (Wildman–Crippen LogP) is 1.96. The highest BCUT2D eigenvalue weighted by Gasteiger charge is 2.09. The van der Waals surface area contributed by atoms with Crippen molar-refractivity contribution in [3.05, 3.63) is 30.1 Å². The lowest BCUT2D eigenvalue weighted by atomic mass is 10.3. The number of rotatable bonds is 6. The number of aryl methyl sites for hydroxylation is 1. The van der Waals surface area contributed by atoms with E-state index < -0.39 is 6.10 Å². The van der Waals surface area contributed by atoms with Crippen molar-refractivity contribution < 1.29 is 9.84 Å². The number of aliphatic hydroxyl groups excluding tert-OH is 1. The SMILES string of the molecule is Cc1nsc(SCC(O)COc2ccccc2N)n1. The van der Waals surface area contributed by atoms with Crippen molar-refractivity contribution in [3.63, 3.8) is 0 Å². The summed E-state index contributed by atoms with van der Waals surface area (Å²) >= 11 is 2.81. The summed E-state index contributed by atoms with van der Waals surface area (Å²) in [5, 5.41) is 9.84. The van der Waals surface area contributed by atoms with E-state index in [2.05, 4.69) is 9.36 Å². The molecule has 2 aromatic rings. The van der Waals surface area contributed by atoms with E-state index in [0.717, 1.165) is 10.2 Å². The number of ether oxygens (including phenoxy) is 1. The van der Waals surface area contributed by atoms with Crippen LogP contribution in [0.25, 0.3) is 0 Å². The third-order valence-corrected chi connectivity index (χ3v) is 4.33. The second-order valence-electron chi connectivity index (χ2n) is 3.92. The number of nitrogens with two attached hydrogens (primary N) is 1. The molecule has 0 bridgehead atoms. The van der Waals surface area contributed by atoms with Gasteiger partial charge in [-0.15, -0.1) is 0 Å². The number of anilines is 1. The molecule has 0 saturated heterocycles. The first-order valence-electron chi connectivity index (χ1n) is 5.73. The molecule has 1 atom stereocenters. The van der Waals surface area contributed by atoms with E-state index in [4.69, 9.17) is 10.5 Å². The van der Waals surface area contributed by atoms with Crippen LogP contribution in [0.4, 0.5) is 5.69 Å². The zero-order valence-corrected chi connectivity index (χ0v) is 12.1. The van der Waals surface area contributed by atoms with Crippen LogP contribution in [-0.2, 0) is 0 Å². The molecule has 0 aliphatic rings. The van der Waals surface area contributed by atoms with E-state index in [0.29, 0.717) is 17.2 Å². The Kier molecular flexibility index (Phi) is 5.00. The molecule has 1 aromatic heterocycles. The van der Waals surface area contributed by atoms with Gasteiger partial charge in [0, 0.05) is 5.75 Å². The van der Waals surface area contributed by atoms with Crippen LogP contribution in [0.5, 0.6) is 5.75 Å². The average Bonchev–Trinajstić information content (AvgIpc) is 2.81. The van der Waals surface area contributed by atoms with Crippen LogP contribution in [0, 0.1) is 6.92 Å². The van der Waals surface area contributed by atoms with Crippen molar-refractivity contribution in [3.8, 4) is 5.75 Å². The van der Waals surface area contributed by atoms with E-state index in [-0.39, 0.29) is 6.61 Å². The summed E-state index contributed by atoms with van der Waals surface area (Å²) in [4.78, 5) is 4.21. The van der Waals surface area contributed by atoms with Gasteiger partial charge in [0.05, 0.1) is 11.8 Å². The molecule has 102 valence electrons. The Morgan fingerprint density at radius 2 is 2.26 bits per heavy atom. The van der Waals surface area contributed by atoms with Gasteiger partial charge in [-0.3, -0.25) is 0 Å². The molecule has 2 rings (SSSR count). The van der Waals surface area contributed by atoms with Crippen LogP contribution < -0.4 is 10.5 Å². The molecule has 19 heavy (non-hydrogen) atoms. The summed E-state index contributed by atoms with van der Waals surface area (Å²) in [5.41, 5.74) is 6.32. The fraction of sp³-hybridized carbons (Fsp3) is 0.333. The number of hydrogen-bond acceptors (Lipinski definition) is 7. The lowest BCUT2D eigenvalue weighted by Gasteiger charge is -2.12. The molecule has 1 unspecified atom stereocenters. The first-order chi connectivity index (χ1) is 9.15. The van der Waals surface area contributed by atoms with E-state index in [9.17, 15) is 5.11 Å². The van der Waals surface area contributed by atoms with Gasteiger partial charge in [-0.05, 0) is 30.6 Å². The third kappa shape index (κ3) is 4.38. The molecule has 1 heterocycles. The third-order valence-electron chi connectivity index (χ3n) is 2.26. The van der Waals surface area contributed by atoms with Gasteiger partial charge in [0.25, 0.3) is 0 Å². The summed E-state index contributed by atoms with van der Waals surface area (Å²) in [7, 11) is 0. The number of nitrogen functional groups attached to an aromatic ring is 1. The van der Waals surface area contributed by atoms with Crippen molar-refractivity contribution in [2.45, 2.75) is 17.4 Å². The molecule has 0 aliphatic heterocycles. The summed E-state index contributed by atoms with van der Waals surface area (Å²) in [6, 6.07) is 7.23. The fourth-order valence-corrected chi connectivity index (χ4v) is 2.93. The Labute approximate surface area is 120 Å². The second-order valence-corrected chi connectivity index (χ2v) is 5.94. The van der Waals surface area contributed by atoms with E-state index in [1.165, 1.54) is 23.3 Å². The van der Waals surface area contributed by atoms with Gasteiger partial charge in [0.1, 0.15) is 18.2 Å². The normalized spacial score (nSPS) is 12.3. The largest absolute Gasteiger partial charge is 0.489 e. The summed E-state index contributed by atoms with van der Waals surface area (Å²) in [6.45, 7) is 2.05. The Balaban J connectivity index is 1.76.